The van der Waals surface area contributed by atoms with Crippen LogP contribution in [0.4, 0.5) is 19.0 Å². The van der Waals surface area contributed by atoms with E-state index >= 15 is 0 Å². The lowest BCUT2D eigenvalue weighted by Crippen LogP contribution is -2.59. The number of nitrogens with zero attached hydrogens (tertiary/aromatic N) is 2. The molecule has 254 valence electrons. The van der Waals surface area contributed by atoms with Crippen molar-refractivity contribution in [1.82, 2.24) is 30.8 Å². The summed E-state index contributed by atoms with van der Waals surface area (Å²) >= 11 is 0. The number of anilines is 1. The Bertz CT molecular complexity index is 1510. The molecular weight excluding hydrogens is 615 g/mol. The predicted molar refractivity (Wildman–Crippen MR) is 171 cm³/mol. The van der Waals surface area contributed by atoms with Gasteiger partial charge in [-0.05, 0) is 48.4 Å². The summed E-state index contributed by atoms with van der Waals surface area (Å²) in [6.07, 6.45) is -0.140. The van der Waals surface area contributed by atoms with E-state index in [-0.39, 0.29) is 32.0 Å². The van der Waals surface area contributed by atoms with E-state index in [9.17, 15) is 27.6 Å². The Balaban J connectivity index is 1.62. The third-order valence-corrected chi connectivity index (χ3v) is 7.82. The number of fused-ring (bicyclic) bond motifs is 1. The summed E-state index contributed by atoms with van der Waals surface area (Å²) in [6, 6.07) is 9.29. The predicted octanol–water partition coefficient (Wildman–Crippen LogP) is 2.91. The second-order valence-corrected chi connectivity index (χ2v) is 11.8. The average Bonchev–Trinajstić information content (AvgIpc) is 3.50. The summed E-state index contributed by atoms with van der Waals surface area (Å²) in [4.78, 5) is 45.0. The molecule has 5 N–H and O–H groups in total. The van der Waals surface area contributed by atoms with Gasteiger partial charge in [-0.2, -0.15) is 13.2 Å². The molecule has 3 atom stereocenters. The van der Waals surface area contributed by atoms with Crippen molar-refractivity contribution in [2.24, 2.45) is 5.92 Å². The molecule has 0 fully saturated rings. The molecule has 3 aromatic rings. The number of carbonyl (C=O) groups excluding carboxylic acids is 3. The molecule has 1 aliphatic rings. The highest BCUT2D eigenvalue weighted by Gasteiger charge is 2.33. The van der Waals surface area contributed by atoms with Crippen LogP contribution in [0.15, 0.2) is 61.1 Å². The van der Waals surface area contributed by atoms with Crippen molar-refractivity contribution in [3.63, 3.8) is 0 Å². The van der Waals surface area contributed by atoms with Crippen molar-refractivity contribution >= 4 is 23.5 Å². The SMILES string of the molecule is CNc1cn(C[C@@H]2NC(=O)[C@@H](C(C)C)NC(=O)[C@@H](Cc3cccc(C(F)(F)F)c3)NCCOc3ccccc3CCCNC2=O)cn1. The molecule has 2 heterocycles. The fourth-order valence-electron chi connectivity index (χ4n) is 5.27. The van der Waals surface area contributed by atoms with Crippen molar-refractivity contribution in [1.29, 1.82) is 0 Å². The quantitative estimate of drug-likeness (QED) is 0.275. The number of hydrogen-bond donors (Lipinski definition) is 5. The number of amides is 3. The van der Waals surface area contributed by atoms with Crippen LogP contribution in [-0.2, 0) is 39.9 Å². The lowest BCUT2D eigenvalue weighted by molar-refractivity contribution is -0.137. The maximum absolute atomic E-state index is 13.7. The number of nitrogens with one attached hydrogen (secondary N) is 5. The van der Waals surface area contributed by atoms with Crippen LogP contribution in [0, 0.1) is 5.92 Å². The first-order valence-corrected chi connectivity index (χ1v) is 15.6. The number of benzene rings is 2. The highest BCUT2D eigenvalue weighted by atomic mass is 19.4. The number of hydrogen-bond acceptors (Lipinski definition) is 7. The third kappa shape index (κ3) is 10.2. The van der Waals surface area contributed by atoms with Gasteiger partial charge < -0.3 is 35.9 Å². The number of rotatable bonds is 6. The van der Waals surface area contributed by atoms with E-state index in [4.69, 9.17) is 4.74 Å². The molecular formula is C33H42F3N7O4. The lowest BCUT2D eigenvalue weighted by atomic mass is 9.99. The first-order chi connectivity index (χ1) is 22.4. The van der Waals surface area contributed by atoms with Crippen LogP contribution >= 0.6 is 0 Å². The van der Waals surface area contributed by atoms with Gasteiger partial charge in [0, 0.05) is 26.3 Å². The zero-order valence-corrected chi connectivity index (χ0v) is 26.7. The summed E-state index contributed by atoms with van der Waals surface area (Å²) in [5.74, 6) is -0.686. The molecule has 3 amide bonds. The molecule has 47 heavy (non-hydrogen) atoms. The Hall–Kier alpha value is -4.59. The van der Waals surface area contributed by atoms with Gasteiger partial charge in [0.1, 0.15) is 30.3 Å². The van der Waals surface area contributed by atoms with Crippen LogP contribution in [0.5, 0.6) is 5.75 Å². The maximum Gasteiger partial charge on any atom is 0.416 e. The van der Waals surface area contributed by atoms with Crippen molar-refractivity contribution < 1.29 is 32.3 Å². The van der Waals surface area contributed by atoms with Gasteiger partial charge in [-0.3, -0.25) is 14.4 Å². The highest BCUT2D eigenvalue weighted by molar-refractivity contribution is 5.93. The van der Waals surface area contributed by atoms with Crippen LogP contribution in [0.1, 0.15) is 37.0 Å². The summed E-state index contributed by atoms with van der Waals surface area (Å²) in [5, 5.41) is 14.5. The Kier molecular flexibility index (Phi) is 12.2. The molecule has 0 aliphatic carbocycles. The monoisotopic (exact) mass is 657 g/mol. The molecule has 11 nitrogen and oxygen atoms in total. The molecule has 0 bridgehead atoms. The van der Waals surface area contributed by atoms with Crippen LogP contribution < -0.4 is 31.3 Å². The molecule has 1 aliphatic heterocycles. The third-order valence-electron chi connectivity index (χ3n) is 7.82. The summed E-state index contributed by atoms with van der Waals surface area (Å²) < 4.78 is 48.0. The van der Waals surface area contributed by atoms with E-state index < -0.39 is 47.6 Å². The van der Waals surface area contributed by atoms with Gasteiger partial charge in [0.05, 0.1) is 24.5 Å². The van der Waals surface area contributed by atoms with Crippen LogP contribution in [0.3, 0.4) is 0 Å². The van der Waals surface area contributed by atoms with Gasteiger partial charge >= 0.3 is 6.18 Å². The lowest BCUT2D eigenvalue weighted by Gasteiger charge is -2.28. The molecule has 0 saturated carbocycles. The number of ether oxygens (including phenoxy) is 1. The standard InChI is InChI=1S/C33H42F3N7O4/c1-21(2)29-32(46)41-26(18-43-19-28(37-3)40-20-43)30(44)39-13-7-10-23-9-4-5-12-27(23)47-15-14-38-25(31(45)42-29)17-22-8-6-11-24(16-22)33(34,35)36/h4-6,8-9,11-12,16,19-21,25-26,29,37-38H,7,10,13-15,17-18H2,1-3H3,(H,39,44)(H,41,46)(H,42,45)/t25-,26+,29-/m1/s1. The van der Waals surface area contributed by atoms with E-state index in [1.165, 1.54) is 12.1 Å². The maximum atomic E-state index is 13.7. The number of aryl methyl sites for hydroxylation is 1. The largest absolute Gasteiger partial charge is 0.492 e. The molecule has 0 radical (unpaired) electrons. The molecule has 0 unspecified atom stereocenters. The first-order valence-electron chi connectivity index (χ1n) is 15.6. The van der Waals surface area contributed by atoms with Crippen molar-refractivity contribution in [3.05, 3.63) is 77.7 Å². The molecule has 4 rings (SSSR count). The number of alkyl halides is 3. The topological polar surface area (TPSA) is 138 Å². The van der Waals surface area contributed by atoms with E-state index in [2.05, 4.69) is 31.6 Å². The van der Waals surface area contributed by atoms with Gasteiger partial charge in [-0.15, -0.1) is 0 Å². The Morgan fingerprint density at radius 3 is 2.51 bits per heavy atom. The molecule has 0 saturated heterocycles. The van der Waals surface area contributed by atoms with E-state index in [1.807, 2.05) is 24.3 Å². The number of imidazole rings is 1. The van der Waals surface area contributed by atoms with Crippen molar-refractivity contribution in [2.75, 3.05) is 32.1 Å². The zero-order chi connectivity index (χ0) is 34.0. The van der Waals surface area contributed by atoms with Gasteiger partial charge in [0.15, 0.2) is 0 Å². The fraction of sp³-hybridized carbons (Fsp3) is 0.455. The second kappa shape index (κ2) is 16.3. The minimum Gasteiger partial charge on any atom is -0.492 e. The van der Waals surface area contributed by atoms with Gasteiger partial charge in [-0.1, -0.05) is 50.2 Å². The summed E-state index contributed by atoms with van der Waals surface area (Å²) in [7, 11) is 1.71. The second-order valence-electron chi connectivity index (χ2n) is 11.8. The number of para-hydroxylation sites is 1. The van der Waals surface area contributed by atoms with Crippen LogP contribution in [-0.4, -0.2) is 72.1 Å². The van der Waals surface area contributed by atoms with Gasteiger partial charge in [0.2, 0.25) is 17.7 Å². The smallest absolute Gasteiger partial charge is 0.416 e. The van der Waals surface area contributed by atoms with E-state index in [1.54, 1.807) is 38.0 Å². The van der Waals surface area contributed by atoms with E-state index in [0.717, 1.165) is 17.7 Å². The first kappa shape index (κ1) is 35.3. The molecule has 0 spiro atoms. The Morgan fingerprint density at radius 2 is 1.79 bits per heavy atom. The number of aromatic nitrogens is 2. The average molecular weight is 658 g/mol. The highest BCUT2D eigenvalue weighted by Crippen LogP contribution is 2.30. The Morgan fingerprint density at radius 1 is 1.00 bits per heavy atom. The zero-order valence-electron chi connectivity index (χ0n) is 26.7. The summed E-state index contributed by atoms with van der Waals surface area (Å²) in [6.45, 7) is 4.33. The molecule has 14 heteroatoms. The number of carbonyl (C=O) groups is 3. The molecule has 2 aromatic carbocycles. The van der Waals surface area contributed by atoms with Crippen molar-refractivity contribution in [3.8, 4) is 5.75 Å². The van der Waals surface area contributed by atoms with Crippen LogP contribution in [0.2, 0.25) is 0 Å². The summed E-state index contributed by atoms with van der Waals surface area (Å²) in [5.41, 5.74) is 0.409. The van der Waals surface area contributed by atoms with Gasteiger partial charge in [-0.25, -0.2) is 4.98 Å². The molecule has 1 aromatic heterocycles. The minimum absolute atomic E-state index is 0.0712. The fourth-order valence-corrected chi connectivity index (χ4v) is 5.27. The Labute approximate surface area is 272 Å². The van der Waals surface area contributed by atoms with E-state index in [0.29, 0.717) is 36.5 Å². The van der Waals surface area contributed by atoms with Crippen molar-refractivity contribution in [2.45, 2.75) is 64.0 Å². The van der Waals surface area contributed by atoms with Gasteiger partial charge in [0.25, 0.3) is 0 Å². The van der Waals surface area contributed by atoms with Crippen LogP contribution in [0.25, 0.3) is 0 Å². The number of halogens is 3. The minimum atomic E-state index is -4.54. The normalized spacial score (nSPS) is 20.6.